The van der Waals surface area contributed by atoms with Gasteiger partial charge in [0.1, 0.15) is 24.2 Å². The fraction of sp³-hybridized carbons (Fsp3) is 0.810. The summed E-state index contributed by atoms with van der Waals surface area (Å²) in [6.45, 7) is 8.84. The van der Waals surface area contributed by atoms with Gasteiger partial charge in [0.05, 0.1) is 6.10 Å². The lowest BCUT2D eigenvalue weighted by atomic mass is 9.95. The van der Waals surface area contributed by atoms with Crippen LogP contribution < -0.4 is 27.4 Å². The fourth-order valence-corrected chi connectivity index (χ4v) is 2.96. The molecule has 186 valence electrons. The normalized spacial score (nSPS) is 16.9. The predicted molar refractivity (Wildman–Crippen MR) is 120 cm³/mol. The Morgan fingerprint density at radius 2 is 1.41 bits per heavy atom. The Morgan fingerprint density at radius 1 is 0.875 bits per heavy atom. The van der Waals surface area contributed by atoms with Crippen LogP contribution in [0.15, 0.2) is 0 Å². The molecule has 6 unspecified atom stereocenters. The number of carbonyl (C=O) groups is 4. The molecule has 0 fully saturated rings. The third kappa shape index (κ3) is 9.92. The Bertz CT molecular complexity index is 628. The maximum atomic E-state index is 13.0. The Balaban J connectivity index is 5.42. The van der Waals surface area contributed by atoms with E-state index in [1.165, 1.54) is 6.92 Å². The van der Waals surface area contributed by atoms with Crippen molar-refractivity contribution >= 4 is 23.7 Å². The van der Waals surface area contributed by atoms with Crippen LogP contribution in [0, 0.1) is 11.8 Å². The van der Waals surface area contributed by atoms with Crippen LogP contribution in [0.4, 0.5) is 0 Å². The molecule has 0 spiro atoms. The van der Waals surface area contributed by atoms with Crippen LogP contribution in [-0.4, -0.2) is 70.7 Å². The fourth-order valence-electron chi connectivity index (χ4n) is 2.96. The quantitative estimate of drug-likeness (QED) is 0.152. The summed E-state index contributed by atoms with van der Waals surface area (Å²) < 4.78 is 0. The van der Waals surface area contributed by atoms with E-state index in [-0.39, 0.29) is 18.3 Å². The number of amides is 3. The molecule has 11 nitrogen and oxygen atoms in total. The first-order valence-electron chi connectivity index (χ1n) is 11.1. The molecular formula is C21H41N5O6. The first-order chi connectivity index (χ1) is 14.9. The van der Waals surface area contributed by atoms with Gasteiger partial charge in [0.2, 0.25) is 17.7 Å². The van der Waals surface area contributed by atoms with Crippen LogP contribution in [-0.2, 0) is 19.2 Å². The Labute approximate surface area is 190 Å². The van der Waals surface area contributed by atoms with Crippen LogP contribution >= 0.6 is 0 Å². The Kier molecular flexibility index (Phi) is 13.7. The molecule has 0 bridgehead atoms. The molecule has 32 heavy (non-hydrogen) atoms. The van der Waals surface area contributed by atoms with Crippen LogP contribution in [0.5, 0.6) is 0 Å². The maximum absolute atomic E-state index is 13.0. The SMILES string of the molecule is CCC(C)C(NC(=O)C(N)C(C)O)C(=O)NC(C(=O)NC(CCCCN)C(=O)O)C(C)C. The second-order valence-electron chi connectivity index (χ2n) is 8.55. The number of hydrogen-bond donors (Lipinski definition) is 7. The molecule has 0 radical (unpaired) electrons. The number of aliphatic hydroxyl groups is 1. The van der Waals surface area contributed by atoms with Crippen LogP contribution in [0.3, 0.4) is 0 Å². The molecule has 6 atom stereocenters. The van der Waals surface area contributed by atoms with Gasteiger partial charge >= 0.3 is 5.97 Å². The van der Waals surface area contributed by atoms with Crippen molar-refractivity contribution in [2.24, 2.45) is 23.3 Å². The molecule has 0 aliphatic heterocycles. The number of carboxylic acids is 1. The lowest BCUT2D eigenvalue weighted by molar-refractivity contribution is -0.143. The van der Waals surface area contributed by atoms with Gasteiger partial charge in [-0.25, -0.2) is 4.79 Å². The summed E-state index contributed by atoms with van der Waals surface area (Å²) in [7, 11) is 0. The number of aliphatic carboxylic acids is 1. The van der Waals surface area contributed by atoms with Crippen molar-refractivity contribution in [1.82, 2.24) is 16.0 Å². The summed E-state index contributed by atoms with van der Waals surface area (Å²) in [5.41, 5.74) is 11.1. The van der Waals surface area contributed by atoms with Crippen molar-refractivity contribution in [1.29, 1.82) is 0 Å². The monoisotopic (exact) mass is 459 g/mol. The smallest absolute Gasteiger partial charge is 0.326 e. The lowest BCUT2D eigenvalue weighted by Crippen LogP contribution is -2.60. The van der Waals surface area contributed by atoms with E-state index >= 15 is 0 Å². The number of carbonyl (C=O) groups excluding carboxylic acids is 3. The third-order valence-corrected chi connectivity index (χ3v) is 5.42. The molecule has 0 aliphatic rings. The average molecular weight is 460 g/mol. The van der Waals surface area contributed by atoms with Gasteiger partial charge in [-0.05, 0) is 44.6 Å². The number of nitrogens with one attached hydrogen (secondary N) is 3. The molecule has 11 heteroatoms. The summed E-state index contributed by atoms with van der Waals surface area (Å²) in [4.78, 5) is 49.6. The van der Waals surface area contributed by atoms with E-state index in [2.05, 4.69) is 16.0 Å². The van der Waals surface area contributed by atoms with E-state index in [9.17, 15) is 29.4 Å². The minimum atomic E-state index is -1.21. The Morgan fingerprint density at radius 3 is 1.84 bits per heavy atom. The van der Waals surface area contributed by atoms with Gasteiger partial charge in [-0.15, -0.1) is 0 Å². The first-order valence-corrected chi connectivity index (χ1v) is 11.1. The van der Waals surface area contributed by atoms with Crippen molar-refractivity contribution < 1.29 is 29.4 Å². The average Bonchev–Trinajstić information content (AvgIpc) is 2.72. The van der Waals surface area contributed by atoms with Gasteiger partial charge < -0.3 is 37.6 Å². The summed E-state index contributed by atoms with van der Waals surface area (Å²) in [6, 6.07) is -4.29. The molecule has 0 rings (SSSR count). The molecule has 0 aromatic carbocycles. The zero-order valence-electron chi connectivity index (χ0n) is 19.8. The highest BCUT2D eigenvalue weighted by molar-refractivity contribution is 5.94. The van der Waals surface area contributed by atoms with Gasteiger partial charge in [0.25, 0.3) is 0 Å². The number of carboxylic acid groups (broad SMARTS) is 1. The van der Waals surface area contributed by atoms with E-state index < -0.39 is 54.0 Å². The minimum Gasteiger partial charge on any atom is -0.480 e. The van der Waals surface area contributed by atoms with E-state index in [1.54, 1.807) is 20.8 Å². The van der Waals surface area contributed by atoms with Crippen LogP contribution in [0.2, 0.25) is 0 Å². The number of aliphatic hydroxyl groups excluding tert-OH is 1. The zero-order chi connectivity index (χ0) is 25.0. The summed E-state index contributed by atoms with van der Waals surface area (Å²) >= 11 is 0. The van der Waals surface area contributed by atoms with Crippen molar-refractivity contribution in [3.63, 3.8) is 0 Å². The molecule has 9 N–H and O–H groups in total. The van der Waals surface area contributed by atoms with Crippen LogP contribution in [0.1, 0.15) is 60.3 Å². The molecule has 0 heterocycles. The second-order valence-corrected chi connectivity index (χ2v) is 8.55. The van der Waals surface area contributed by atoms with Crippen molar-refractivity contribution in [2.75, 3.05) is 6.54 Å². The molecule has 0 aliphatic carbocycles. The van der Waals surface area contributed by atoms with Gasteiger partial charge in [-0.1, -0.05) is 34.1 Å². The zero-order valence-corrected chi connectivity index (χ0v) is 19.8. The summed E-state index contributed by atoms with van der Waals surface area (Å²) in [6.07, 6.45) is 0.854. The van der Waals surface area contributed by atoms with Gasteiger partial charge in [-0.2, -0.15) is 0 Å². The predicted octanol–water partition coefficient (Wildman–Crippen LogP) is -0.935. The largest absolute Gasteiger partial charge is 0.480 e. The first kappa shape index (κ1) is 29.8. The molecular weight excluding hydrogens is 418 g/mol. The highest BCUT2D eigenvalue weighted by Gasteiger charge is 2.34. The van der Waals surface area contributed by atoms with Gasteiger partial charge in [0, 0.05) is 0 Å². The standard InChI is InChI=1S/C21H41N5O6/c1-6-12(4)17(26-18(28)15(23)13(5)27)20(30)25-16(11(2)3)19(29)24-14(21(31)32)9-7-8-10-22/h11-17,27H,6-10,22-23H2,1-5H3,(H,24,29)(H,25,30)(H,26,28)(H,31,32). The molecule has 0 aromatic rings. The van der Waals surface area contributed by atoms with E-state index in [4.69, 9.17) is 11.5 Å². The van der Waals surface area contributed by atoms with E-state index in [0.29, 0.717) is 25.8 Å². The molecule has 0 saturated heterocycles. The van der Waals surface area contributed by atoms with Crippen molar-refractivity contribution in [2.45, 2.75) is 90.6 Å². The van der Waals surface area contributed by atoms with Gasteiger partial charge in [-0.3, -0.25) is 14.4 Å². The summed E-state index contributed by atoms with van der Waals surface area (Å²) in [5.74, 6) is -3.68. The van der Waals surface area contributed by atoms with E-state index in [0.717, 1.165) is 0 Å². The van der Waals surface area contributed by atoms with Crippen molar-refractivity contribution in [3.8, 4) is 0 Å². The number of unbranched alkanes of at least 4 members (excludes halogenated alkanes) is 1. The second kappa shape index (κ2) is 14.8. The van der Waals surface area contributed by atoms with Crippen molar-refractivity contribution in [3.05, 3.63) is 0 Å². The van der Waals surface area contributed by atoms with Gasteiger partial charge in [0.15, 0.2) is 0 Å². The highest BCUT2D eigenvalue weighted by atomic mass is 16.4. The van der Waals surface area contributed by atoms with Crippen LogP contribution in [0.25, 0.3) is 0 Å². The molecule has 0 aromatic heterocycles. The van der Waals surface area contributed by atoms with E-state index in [1.807, 2.05) is 6.92 Å². The highest BCUT2D eigenvalue weighted by Crippen LogP contribution is 2.11. The summed E-state index contributed by atoms with van der Waals surface area (Å²) in [5, 5.41) is 26.6. The molecule has 0 saturated carbocycles. The maximum Gasteiger partial charge on any atom is 0.326 e. The third-order valence-electron chi connectivity index (χ3n) is 5.42. The lowest BCUT2D eigenvalue weighted by Gasteiger charge is -2.29. The molecule has 3 amide bonds. The number of rotatable bonds is 15. The minimum absolute atomic E-state index is 0.222. The number of hydrogen-bond acceptors (Lipinski definition) is 7. The number of nitrogens with two attached hydrogens (primary N) is 2. The Hall–Kier alpha value is -2.24. The topological polar surface area (TPSA) is 197 Å².